The van der Waals surface area contributed by atoms with Gasteiger partial charge >= 0.3 is 0 Å². The van der Waals surface area contributed by atoms with Gasteiger partial charge in [-0.05, 0) is 48.2 Å². The van der Waals surface area contributed by atoms with Crippen molar-refractivity contribution in [1.29, 1.82) is 0 Å². The van der Waals surface area contributed by atoms with Crippen LogP contribution in [-0.4, -0.2) is 33.5 Å². The summed E-state index contributed by atoms with van der Waals surface area (Å²) in [7, 11) is 6.22. The molecule has 24 heavy (non-hydrogen) atoms. The van der Waals surface area contributed by atoms with Gasteiger partial charge in [0.05, 0.1) is 34.1 Å². The van der Waals surface area contributed by atoms with E-state index in [4.69, 9.17) is 24.7 Å². The molecule has 6 heteroatoms. The SMILES string of the molecule is COc1cc(CCc2cc(N)c(OC)c(O)c2)cc(OC)c1OC. The van der Waals surface area contributed by atoms with Crippen molar-refractivity contribution in [3.05, 3.63) is 35.4 Å². The maximum absolute atomic E-state index is 9.94. The molecule has 0 radical (unpaired) electrons. The van der Waals surface area contributed by atoms with Crippen LogP contribution in [0.4, 0.5) is 5.69 Å². The Hall–Kier alpha value is -2.76. The summed E-state index contributed by atoms with van der Waals surface area (Å²) in [6.07, 6.45) is 1.42. The molecule has 3 N–H and O–H groups in total. The van der Waals surface area contributed by atoms with Crippen LogP contribution in [0.25, 0.3) is 0 Å². The number of rotatable bonds is 7. The fourth-order valence-electron chi connectivity index (χ4n) is 2.63. The van der Waals surface area contributed by atoms with Crippen molar-refractivity contribution in [2.75, 3.05) is 34.2 Å². The van der Waals surface area contributed by atoms with E-state index in [0.717, 1.165) is 17.5 Å². The second-order valence-corrected chi connectivity index (χ2v) is 5.27. The van der Waals surface area contributed by atoms with Gasteiger partial charge in [0.2, 0.25) is 5.75 Å². The zero-order valence-corrected chi connectivity index (χ0v) is 14.4. The molecule has 2 rings (SSSR count). The smallest absolute Gasteiger partial charge is 0.203 e. The van der Waals surface area contributed by atoms with Crippen LogP contribution in [0, 0.1) is 0 Å². The van der Waals surface area contributed by atoms with Gasteiger partial charge in [-0.1, -0.05) is 0 Å². The van der Waals surface area contributed by atoms with Gasteiger partial charge in [0.15, 0.2) is 23.0 Å². The van der Waals surface area contributed by atoms with Crippen LogP contribution < -0.4 is 24.7 Å². The Morgan fingerprint density at radius 3 is 1.67 bits per heavy atom. The van der Waals surface area contributed by atoms with Gasteiger partial charge in [0.25, 0.3) is 0 Å². The summed E-state index contributed by atoms with van der Waals surface area (Å²) in [6.45, 7) is 0. The maximum atomic E-state index is 9.94. The van der Waals surface area contributed by atoms with Crippen LogP contribution in [-0.2, 0) is 12.8 Å². The van der Waals surface area contributed by atoms with E-state index in [-0.39, 0.29) is 5.75 Å². The lowest BCUT2D eigenvalue weighted by atomic mass is 10.0. The summed E-state index contributed by atoms with van der Waals surface area (Å²) in [5, 5.41) is 9.94. The molecular formula is C18H23NO5. The van der Waals surface area contributed by atoms with Crippen molar-refractivity contribution in [3.8, 4) is 28.7 Å². The molecule has 6 nitrogen and oxygen atoms in total. The zero-order chi connectivity index (χ0) is 17.7. The minimum absolute atomic E-state index is 0.0393. The molecule has 0 amide bonds. The second-order valence-electron chi connectivity index (χ2n) is 5.27. The number of aryl methyl sites for hydroxylation is 2. The standard InChI is InChI=1S/C18H23NO5/c1-21-15-9-12(10-16(22-2)18(15)24-4)6-5-11-7-13(19)17(23-3)14(20)8-11/h7-10,20H,5-6,19H2,1-4H3. The van der Waals surface area contributed by atoms with E-state index in [2.05, 4.69) is 0 Å². The van der Waals surface area contributed by atoms with Gasteiger partial charge in [0, 0.05) is 0 Å². The van der Waals surface area contributed by atoms with Crippen molar-refractivity contribution in [1.82, 2.24) is 0 Å². The first-order valence-electron chi connectivity index (χ1n) is 7.48. The monoisotopic (exact) mass is 333 g/mol. The Labute approximate surface area is 141 Å². The summed E-state index contributed by atoms with van der Waals surface area (Å²) in [5.41, 5.74) is 8.25. The van der Waals surface area contributed by atoms with Crippen molar-refractivity contribution in [2.45, 2.75) is 12.8 Å². The Kier molecular flexibility index (Phi) is 5.63. The molecule has 0 aliphatic heterocycles. The van der Waals surface area contributed by atoms with Gasteiger partial charge < -0.3 is 29.8 Å². The number of benzene rings is 2. The molecule has 0 atom stereocenters. The van der Waals surface area contributed by atoms with Gasteiger partial charge in [-0.15, -0.1) is 0 Å². The highest BCUT2D eigenvalue weighted by Gasteiger charge is 2.14. The number of aromatic hydroxyl groups is 1. The van der Waals surface area contributed by atoms with Gasteiger partial charge in [-0.3, -0.25) is 0 Å². The average Bonchev–Trinajstić information content (AvgIpc) is 2.58. The third-order valence-electron chi connectivity index (χ3n) is 3.79. The summed E-state index contributed by atoms with van der Waals surface area (Å²) in [5.74, 6) is 2.13. The first kappa shape index (κ1) is 17.6. The molecule has 2 aromatic rings. The number of methoxy groups -OCH3 is 4. The van der Waals surface area contributed by atoms with E-state index in [9.17, 15) is 5.11 Å². The van der Waals surface area contributed by atoms with Crippen molar-refractivity contribution < 1.29 is 24.1 Å². The number of phenolic OH excluding ortho intramolecular Hbond substituents is 1. The summed E-state index contributed by atoms with van der Waals surface area (Å²) < 4.78 is 21.1. The fourth-order valence-corrected chi connectivity index (χ4v) is 2.63. The normalized spacial score (nSPS) is 10.3. The highest BCUT2D eigenvalue weighted by atomic mass is 16.5. The summed E-state index contributed by atoms with van der Waals surface area (Å²) >= 11 is 0. The molecule has 0 spiro atoms. The first-order chi connectivity index (χ1) is 11.5. The number of hydrogen-bond donors (Lipinski definition) is 2. The minimum atomic E-state index is 0.0393. The highest BCUT2D eigenvalue weighted by molar-refractivity contribution is 5.62. The molecule has 0 aliphatic rings. The molecule has 0 heterocycles. The molecule has 0 bridgehead atoms. The Balaban J connectivity index is 2.23. The molecule has 2 aromatic carbocycles. The quantitative estimate of drug-likeness (QED) is 0.758. The molecule has 0 unspecified atom stereocenters. The van der Waals surface area contributed by atoms with E-state index < -0.39 is 0 Å². The van der Waals surface area contributed by atoms with Crippen LogP contribution in [0.5, 0.6) is 28.7 Å². The number of ether oxygens (including phenoxy) is 4. The lowest BCUT2D eigenvalue weighted by Gasteiger charge is -2.14. The largest absolute Gasteiger partial charge is 0.504 e. The van der Waals surface area contributed by atoms with Crippen molar-refractivity contribution in [2.24, 2.45) is 0 Å². The summed E-state index contributed by atoms with van der Waals surface area (Å²) in [4.78, 5) is 0. The van der Waals surface area contributed by atoms with E-state index in [1.54, 1.807) is 33.5 Å². The molecular weight excluding hydrogens is 310 g/mol. The predicted molar refractivity (Wildman–Crippen MR) is 92.6 cm³/mol. The van der Waals surface area contributed by atoms with E-state index >= 15 is 0 Å². The third-order valence-corrected chi connectivity index (χ3v) is 3.79. The van der Waals surface area contributed by atoms with Crippen molar-refractivity contribution >= 4 is 5.69 Å². The second kappa shape index (κ2) is 7.68. The van der Waals surface area contributed by atoms with Crippen LogP contribution in [0.1, 0.15) is 11.1 Å². The molecule has 0 aromatic heterocycles. The number of phenols is 1. The number of nitrogens with two attached hydrogens (primary N) is 1. The molecule has 0 aliphatic carbocycles. The predicted octanol–water partition coefficient (Wildman–Crippen LogP) is 2.79. The first-order valence-corrected chi connectivity index (χ1v) is 7.48. The van der Waals surface area contributed by atoms with E-state index in [1.807, 2.05) is 12.1 Å². The Morgan fingerprint density at radius 2 is 1.25 bits per heavy atom. The Bertz CT molecular complexity index is 667. The van der Waals surface area contributed by atoms with Crippen molar-refractivity contribution in [3.63, 3.8) is 0 Å². The number of nitrogen functional groups attached to an aromatic ring is 1. The van der Waals surface area contributed by atoms with Crippen LogP contribution in [0.3, 0.4) is 0 Å². The summed E-state index contributed by atoms with van der Waals surface area (Å²) in [6, 6.07) is 7.28. The highest BCUT2D eigenvalue weighted by Crippen LogP contribution is 2.39. The topological polar surface area (TPSA) is 83.2 Å². The zero-order valence-electron chi connectivity index (χ0n) is 14.4. The third kappa shape index (κ3) is 3.59. The van der Waals surface area contributed by atoms with Crippen LogP contribution in [0.15, 0.2) is 24.3 Å². The molecule has 0 fully saturated rings. The van der Waals surface area contributed by atoms with E-state index in [1.165, 1.54) is 7.11 Å². The molecule has 0 saturated heterocycles. The number of hydrogen-bond acceptors (Lipinski definition) is 6. The van der Waals surface area contributed by atoms with Gasteiger partial charge in [0.1, 0.15) is 0 Å². The number of anilines is 1. The average molecular weight is 333 g/mol. The van der Waals surface area contributed by atoms with Gasteiger partial charge in [-0.25, -0.2) is 0 Å². The van der Waals surface area contributed by atoms with Crippen LogP contribution in [0.2, 0.25) is 0 Å². The minimum Gasteiger partial charge on any atom is -0.504 e. The van der Waals surface area contributed by atoms with Crippen LogP contribution >= 0.6 is 0 Å². The molecule has 130 valence electrons. The Morgan fingerprint density at radius 1 is 0.750 bits per heavy atom. The molecule has 0 saturated carbocycles. The van der Waals surface area contributed by atoms with E-state index in [0.29, 0.717) is 35.1 Å². The lowest BCUT2D eigenvalue weighted by molar-refractivity contribution is 0.324. The van der Waals surface area contributed by atoms with Gasteiger partial charge in [-0.2, -0.15) is 0 Å². The fraction of sp³-hybridized carbons (Fsp3) is 0.333. The lowest BCUT2D eigenvalue weighted by Crippen LogP contribution is -1.99. The maximum Gasteiger partial charge on any atom is 0.203 e.